The molecular weight excluding hydrogens is 2600 g/mol. The number of nitrogen functional groups attached to an aromatic ring is 5. The Balaban J connectivity index is -0.0000000999. The first-order valence-electron chi connectivity index (χ1n) is 16.8. The van der Waals surface area contributed by atoms with E-state index in [1.165, 1.54) is 20.4 Å². The second-order valence-corrected chi connectivity index (χ2v) is 15.6. The number of aryl methyl sites for hydroxylation is 1. The van der Waals surface area contributed by atoms with Crippen molar-refractivity contribution >= 4 is 166 Å². The molecule has 0 fully saturated rings. The Bertz CT molecular complexity index is 2790. The topological polar surface area (TPSA) is 516 Å². The summed E-state index contributed by atoms with van der Waals surface area (Å²) < 4.78 is 11.5. The summed E-state index contributed by atoms with van der Waals surface area (Å²) in [7, 11) is 4.20. The van der Waals surface area contributed by atoms with Gasteiger partial charge < -0.3 is 90.6 Å². The molecule has 0 saturated heterocycles. The summed E-state index contributed by atoms with van der Waals surface area (Å²) in [5, 5.41) is 35.8. The fraction of sp³-hybridized carbons (Fsp3) is 0.118. The first-order valence-corrected chi connectivity index (χ1v) is 22.2. The number of nitrogens with zero attached hydrogens (tertiary/aromatic N) is 15. The average Bonchev–Trinajstić information content (AvgIpc) is 3.33. The average molecular weight is 2630 g/mol. The number of aromatic nitrogens is 12. The second-order valence-electron chi connectivity index (χ2n) is 10.5. The molecule has 400 valence electrons. The number of amidine groups is 1. The van der Waals surface area contributed by atoms with Crippen LogP contribution in [0.2, 0.25) is 0 Å². The SMILES string of the molecule is CNc1n[c-]c(I)nc1C(=N)N.COC(=O)c1nc(I)[c-]nc1N.COC(=O)c1nc[c-]nc1N.Cc1n[c-]c(I)nc1C#N.N#Cc1nc(I)[c-]nc1N.NC(=O)c1nc(I)[c-]nc1N.O=N[O-].[H-].[Na+].[W].[W].[W].[W].[W].[W]. The van der Waals surface area contributed by atoms with Crippen molar-refractivity contribution in [2.24, 2.45) is 16.8 Å². The molecule has 6 aromatic rings. The third-order valence-electron chi connectivity index (χ3n) is 6.10. The molecule has 0 atom stereocenters. The van der Waals surface area contributed by atoms with Crippen LogP contribution in [0.1, 0.15) is 55.7 Å². The maximum absolute atomic E-state index is 11.0. The summed E-state index contributed by atoms with van der Waals surface area (Å²) in [4.78, 5) is 85.3. The Morgan fingerprint density at radius 1 is 0.645 bits per heavy atom. The number of ether oxygens (including phenoxy) is 2. The summed E-state index contributed by atoms with van der Waals surface area (Å²) >= 11 is 9.58. The fourth-order valence-electron chi connectivity index (χ4n) is 3.28. The molecule has 76 heavy (non-hydrogen) atoms. The molecule has 6 aromatic heterocycles. The van der Waals surface area contributed by atoms with Gasteiger partial charge in [0.15, 0.2) is 0 Å². The van der Waals surface area contributed by atoms with Crippen molar-refractivity contribution in [3.05, 3.63) is 112 Å². The van der Waals surface area contributed by atoms with Crippen LogP contribution in [0, 0.1) is 101 Å². The van der Waals surface area contributed by atoms with Crippen molar-refractivity contribution in [3.8, 4) is 12.1 Å². The van der Waals surface area contributed by atoms with Gasteiger partial charge in [0, 0.05) is 162 Å². The number of halogens is 5. The molecule has 30 nitrogen and oxygen atoms in total. The Labute approximate surface area is 610 Å². The maximum atomic E-state index is 11.0. The van der Waals surface area contributed by atoms with Crippen LogP contribution < -0.4 is 69.3 Å². The number of nitrogens with two attached hydrogens (primary N) is 6. The van der Waals surface area contributed by atoms with Crippen LogP contribution in [0.4, 0.5) is 29.1 Å². The molecule has 6 rings (SSSR count). The Morgan fingerprint density at radius 3 is 1.37 bits per heavy atom. The number of methoxy groups -OCH3 is 2. The molecule has 0 saturated carbocycles. The summed E-state index contributed by atoms with van der Waals surface area (Å²) in [6.07, 6.45) is 16.5. The number of hydrogen-bond acceptors (Lipinski definition) is 28. The monoisotopic (exact) mass is 2630 g/mol. The van der Waals surface area contributed by atoms with Crippen molar-refractivity contribution in [1.82, 2.24) is 59.8 Å². The predicted octanol–water partition coefficient (Wildman–Crippen LogP) is -1.59. The molecule has 0 aliphatic carbocycles. The van der Waals surface area contributed by atoms with Gasteiger partial charge in [-0.25, -0.2) is 9.59 Å². The third-order valence-corrected chi connectivity index (χ3v) is 8.51. The van der Waals surface area contributed by atoms with E-state index in [4.69, 9.17) is 60.4 Å². The molecule has 0 aliphatic rings. The Morgan fingerprint density at radius 2 is 1.00 bits per heavy atom. The molecule has 14 N–H and O–H groups in total. The molecule has 0 radical (unpaired) electrons. The van der Waals surface area contributed by atoms with E-state index in [0.717, 1.165) is 5.34 Å². The van der Waals surface area contributed by atoms with Gasteiger partial charge in [-0.05, 0) is 138 Å². The summed E-state index contributed by atoms with van der Waals surface area (Å²) in [5.74, 6) is -1.29. The first-order chi connectivity index (χ1) is 32.5. The number of nitrogens with one attached hydrogen (secondary N) is 2. The van der Waals surface area contributed by atoms with Crippen molar-refractivity contribution in [3.63, 3.8) is 0 Å². The van der Waals surface area contributed by atoms with E-state index in [0.29, 0.717) is 41.4 Å². The number of primary amides is 1. The number of hydrogen-bond donors (Lipinski definition) is 8. The summed E-state index contributed by atoms with van der Waals surface area (Å²) in [5.41, 5.74) is 33.0. The molecule has 1 amide bonds. The van der Waals surface area contributed by atoms with Gasteiger partial charge in [-0.2, -0.15) is 10.5 Å². The fourth-order valence-corrected chi connectivity index (χ4v) is 5.09. The predicted molar refractivity (Wildman–Crippen MR) is 283 cm³/mol. The van der Waals surface area contributed by atoms with Crippen LogP contribution in [0.25, 0.3) is 0 Å². The maximum Gasteiger partial charge on any atom is 1.00 e. The van der Waals surface area contributed by atoms with Gasteiger partial charge in [-0.15, -0.1) is 42.5 Å². The number of carbonyl (C=O) groups is 3. The van der Waals surface area contributed by atoms with E-state index in [9.17, 15) is 14.4 Å². The van der Waals surface area contributed by atoms with Gasteiger partial charge in [0.2, 0.25) is 0 Å². The minimum atomic E-state index is -0.679. The zero-order valence-corrected chi connectivity index (χ0v) is 68.8. The van der Waals surface area contributed by atoms with E-state index < -0.39 is 17.8 Å². The van der Waals surface area contributed by atoms with Gasteiger partial charge in [-0.3, -0.25) is 40.1 Å². The van der Waals surface area contributed by atoms with Crippen LogP contribution in [-0.2, 0) is 136 Å². The molecule has 0 unspecified atom stereocenters. The first kappa shape index (κ1) is 91.0. The molecule has 6 heterocycles. The number of carbonyl (C=O) groups excluding carboxylic acids is 3. The van der Waals surface area contributed by atoms with Crippen molar-refractivity contribution in [1.29, 1.82) is 15.9 Å². The largest absolute Gasteiger partial charge is 1.00 e. The smallest absolute Gasteiger partial charge is 1.00 e. The van der Waals surface area contributed by atoms with E-state index >= 15 is 0 Å². The van der Waals surface area contributed by atoms with Gasteiger partial charge in [0.25, 0.3) is 5.91 Å². The quantitative estimate of drug-likeness (QED) is 0.0141. The standard InChI is InChI=1S/C6H7IN5.C6H5IN3O2.C6H3IN3.C6H6N3O2.C5H4IN4O.C5H2IN4.HNO2.Na.6W.H/c1-10-6-4(5(8)9)12-3(7)2-11-6;1-12-6(11)4-5(8)9-2-3(7)10-4;1-4-5(2-8)10-6(7)3-9-4;1-11-6(10)4-5(7)9-3-2-8-4;6-2-1-9-4(7)3(10-2)5(8)11;6-4-2-9-5(8)3(1-7)10-4;2-1-3;;;;;;;;/h1H3,(H3,8,9)(H,10,11);1H3,(H2,8,9);1H3;2H,1H3,(H2,7,9);(H2,7,9)(H2,8,11);(H2,8,9);(H,2,3);;;;;;;;/q6*-1;;+1;;;;;;;-1/p-1. The van der Waals surface area contributed by atoms with Crippen LogP contribution in [0.5, 0.6) is 0 Å². The van der Waals surface area contributed by atoms with E-state index in [2.05, 4.69) is 112 Å². The number of anilines is 5. The molecule has 0 spiro atoms. The van der Waals surface area contributed by atoms with E-state index in [-0.39, 0.29) is 209 Å². The Hall–Kier alpha value is -1.48. The van der Waals surface area contributed by atoms with Crippen LogP contribution in [0.3, 0.4) is 0 Å². The normalized spacial score (nSPS) is 8.20. The van der Waals surface area contributed by atoms with Gasteiger partial charge >= 0.3 is 41.5 Å². The molecule has 0 aromatic carbocycles. The Kier molecular flexibility index (Phi) is 61.9. The molecule has 0 bridgehead atoms. The minimum Gasteiger partial charge on any atom is -1.00 e. The number of nitriles is 2. The molecule has 0 aliphatic heterocycles. The van der Waals surface area contributed by atoms with Crippen LogP contribution in [-0.4, -0.2) is 105 Å². The van der Waals surface area contributed by atoms with Gasteiger partial charge in [-0.1, -0.05) is 12.6 Å². The summed E-state index contributed by atoms with van der Waals surface area (Å²) in [6.45, 7) is 1.73. The van der Waals surface area contributed by atoms with Gasteiger partial charge in [0.1, 0.15) is 29.4 Å². The third kappa shape index (κ3) is 36.7. The van der Waals surface area contributed by atoms with Crippen LogP contribution in [0.15, 0.2) is 11.5 Å². The number of rotatable bonds is 5. The zero-order chi connectivity index (χ0) is 52.8. The number of amides is 1. The van der Waals surface area contributed by atoms with Crippen molar-refractivity contribution in [2.75, 3.05) is 49.5 Å². The second kappa shape index (κ2) is 51.7. The van der Waals surface area contributed by atoms with Crippen LogP contribution >= 0.6 is 113 Å². The molecule has 42 heteroatoms. The number of esters is 2. The zero-order valence-electron chi connectivity index (χ0n) is 39.4. The molecular formula is C34H28I5N23NaO7W6-7. The van der Waals surface area contributed by atoms with Crippen molar-refractivity contribution < 1.29 is 181 Å². The van der Waals surface area contributed by atoms with Gasteiger partial charge in [0.05, 0.1) is 37.0 Å². The minimum absolute atomic E-state index is 0. The van der Waals surface area contributed by atoms with E-state index in [1.54, 1.807) is 14.0 Å². The van der Waals surface area contributed by atoms with E-state index in [1.807, 2.05) is 125 Å². The van der Waals surface area contributed by atoms with Crippen molar-refractivity contribution in [2.45, 2.75) is 6.92 Å². The summed E-state index contributed by atoms with van der Waals surface area (Å²) in [6, 6.07) is 3.75.